The second kappa shape index (κ2) is 8.27. The molecule has 3 rings (SSSR count). The molecule has 0 spiro atoms. The molecule has 1 saturated heterocycles. The molecule has 144 valence electrons. The lowest BCUT2D eigenvalue weighted by Gasteiger charge is -2.14. The highest BCUT2D eigenvalue weighted by Crippen LogP contribution is 2.23. The normalized spacial score (nSPS) is 16.5. The number of aromatic hydroxyl groups is 1. The highest BCUT2D eigenvalue weighted by Gasteiger charge is 2.22. The van der Waals surface area contributed by atoms with Gasteiger partial charge >= 0.3 is 5.97 Å². The molecule has 1 unspecified atom stereocenters. The fraction of sp³-hybridized carbons (Fsp3) is 0.400. The summed E-state index contributed by atoms with van der Waals surface area (Å²) < 4.78 is 13.5. The number of nitrogens with zero attached hydrogens (tertiary/aromatic N) is 1. The smallest absolute Gasteiger partial charge is 0.342 e. The number of ketones is 1. The Hall–Kier alpha value is -2.12. The van der Waals surface area contributed by atoms with Gasteiger partial charge < -0.3 is 19.1 Å². The van der Waals surface area contributed by atoms with Crippen LogP contribution in [0.15, 0.2) is 28.7 Å². The predicted molar refractivity (Wildman–Crippen MR) is 103 cm³/mol. The maximum atomic E-state index is 12.6. The minimum absolute atomic E-state index is 0.0148. The summed E-state index contributed by atoms with van der Waals surface area (Å²) >= 11 is 3.24. The maximum absolute atomic E-state index is 12.6. The lowest BCUT2D eigenvalue weighted by Crippen LogP contribution is -2.18. The second-order valence-electron chi connectivity index (χ2n) is 6.69. The molecule has 1 atom stereocenters. The van der Waals surface area contributed by atoms with Gasteiger partial charge in [0.25, 0.3) is 0 Å². The van der Waals surface area contributed by atoms with E-state index < -0.39 is 5.97 Å². The molecule has 6 nitrogen and oxygen atoms in total. The number of hydrogen-bond donors (Lipinski definition) is 1. The second-order valence-corrected chi connectivity index (χ2v) is 7.61. The molecule has 1 aliphatic heterocycles. The van der Waals surface area contributed by atoms with Crippen molar-refractivity contribution in [3.8, 4) is 5.75 Å². The van der Waals surface area contributed by atoms with Crippen molar-refractivity contribution in [1.82, 2.24) is 4.57 Å². The van der Waals surface area contributed by atoms with Crippen LogP contribution in [0.5, 0.6) is 5.75 Å². The van der Waals surface area contributed by atoms with Crippen molar-refractivity contribution in [3.05, 3.63) is 51.3 Å². The summed E-state index contributed by atoms with van der Waals surface area (Å²) in [5.41, 5.74) is 2.37. The number of aryl methyl sites for hydroxylation is 1. The van der Waals surface area contributed by atoms with Crippen molar-refractivity contribution >= 4 is 27.7 Å². The molecular formula is C20H22BrNO5. The average molecular weight is 436 g/mol. The van der Waals surface area contributed by atoms with E-state index in [0.29, 0.717) is 10.0 Å². The van der Waals surface area contributed by atoms with Gasteiger partial charge in [-0.2, -0.15) is 0 Å². The van der Waals surface area contributed by atoms with E-state index in [0.717, 1.165) is 37.4 Å². The highest BCUT2D eigenvalue weighted by molar-refractivity contribution is 9.10. The summed E-state index contributed by atoms with van der Waals surface area (Å²) in [7, 11) is 0. The number of esters is 1. The van der Waals surface area contributed by atoms with Crippen LogP contribution in [0.4, 0.5) is 0 Å². The SMILES string of the molecule is Cc1cc(C(=O)COC(=O)c2cc(Br)ccc2O)c(C)n1CC1CCCO1. The monoisotopic (exact) mass is 435 g/mol. The third-order valence-electron chi connectivity index (χ3n) is 4.80. The van der Waals surface area contributed by atoms with Crippen molar-refractivity contribution in [3.63, 3.8) is 0 Å². The first kappa shape index (κ1) is 19.6. The van der Waals surface area contributed by atoms with Gasteiger partial charge in [-0.15, -0.1) is 0 Å². The van der Waals surface area contributed by atoms with Gasteiger partial charge in [-0.1, -0.05) is 15.9 Å². The van der Waals surface area contributed by atoms with Crippen molar-refractivity contribution in [1.29, 1.82) is 0 Å². The van der Waals surface area contributed by atoms with Gasteiger partial charge in [0, 0.05) is 34.6 Å². The van der Waals surface area contributed by atoms with Crippen LogP contribution in [0.2, 0.25) is 0 Å². The van der Waals surface area contributed by atoms with Crippen molar-refractivity contribution in [2.24, 2.45) is 0 Å². The van der Waals surface area contributed by atoms with Crippen molar-refractivity contribution in [2.45, 2.75) is 39.3 Å². The Bertz CT molecular complexity index is 867. The third kappa shape index (κ3) is 4.42. The number of halogens is 1. The fourth-order valence-corrected chi connectivity index (χ4v) is 3.68. The number of Topliss-reactive ketones (excluding diaryl/α,β-unsaturated/α-hetero) is 1. The van der Waals surface area contributed by atoms with Crippen LogP contribution >= 0.6 is 15.9 Å². The standard InChI is InChI=1S/C20H22BrNO5/c1-12-8-16(13(2)22(12)10-15-4-3-7-26-15)19(24)11-27-20(25)17-9-14(21)5-6-18(17)23/h5-6,8-9,15,23H,3-4,7,10-11H2,1-2H3. The summed E-state index contributed by atoms with van der Waals surface area (Å²) in [5, 5.41) is 9.79. The van der Waals surface area contributed by atoms with Gasteiger partial charge in [0.05, 0.1) is 6.10 Å². The molecule has 2 aromatic rings. The topological polar surface area (TPSA) is 77.8 Å². The van der Waals surface area contributed by atoms with Crippen LogP contribution in [-0.2, 0) is 16.0 Å². The summed E-state index contributed by atoms with van der Waals surface area (Å²) in [6.45, 7) is 4.96. The molecule has 1 aromatic carbocycles. The Kier molecular flexibility index (Phi) is 6.01. The van der Waals surface area contributed by atoms with Crippen LogP contribution in [-0.4, -0.2) is 40.7 Å². The molecule has 0 radical (unpaired) electrons. The number of phenolic OH excluding ortho intramolecular Hbond substituents is 1. The van der Waals surface area contributed by atoms with Gasteiger partial charge in [0.2, 0.25) is 5.78 Å². The largest absolute Gasteiger partial charge is 0.507 e. The molecule has 0 saturated carbocycles. The Labute approximate surface area is 166 Å². The first-order chi connectivity index (χ1) is 12.9. The van der Waals surface area contributed by atoms with E-state index in [2.05, 4.69) is 20.5 Å². The zero-order valence-electron chi connectivity index (χ0n) is 15.3. The molecule has 27 heavy (non-hydrogen) atoms. The van der Waals surface area contributed by atoms with E-state index in [4.69, 9.17) is 9.47 Å². The molecule has 2 heterocycles. The zero-order valence-corrected chi connectivity index (χ0v) is 16.9. The summed E-state index contributed by atoms with van der Waals surface area (Å²) in [6, 6.07) is 6.27. The Morgan fingerprint density at radius 3 is 2.78 bits per heavy atom. The van der Waals surface area contributed by atoms with Crippen LogP contribution in [0.25, 0.3) is 0 Å². The van der Waals surface area contributed by atoms with Crippen LogP contribution in [0.1, 0.15) is 44.9 Å². The van der Waals surface area contributed by atoms with E-state index in [1.54, 1.807) is 6.07 Å². The zero-order chi connectivity index (χ0) is 19.6. The highest BCUT2D eigenvalue weighted by atomic mass is 79.9. The minimum Gasteiger partial charge on any atom is -0.507 e. The molecule has 0 bridgehead atoms. The van der Waals surface area contributed by atoms with E-state index in [1.807, 2.05) is 19.9 Å². The Morgan fingerprint density at radius 1 is 1.30 bits per heavy atom. The molecule has 1 N–H and O–H groups in total. The van der Waals surface area contributed by atoms with E-state index >= 15 is 0 Å². The number of benzene rings is 1. The first-order valence-corrected chi connectivity index (χ1v) is 9.63. The molecule has 0 aliphatic carbocycles. The molecule has 1 aliphatic rings. The van der Waals surface area contributed by atoms with Gasteiger partial charge in [0.1, 0.15) is 11.3 Å². The van der Waals surface area contributed by atoms with Gasteiger partial charge in [-0.25, -0.2) is 4.79 Å². The number of rotatable bonds is 6. The van der Waals surface area contributed by atoms with E-state index in [-0.39, 0.29) is 29.8 Å². The maximum Gasteiger partial charge on any atom is 0.342 e. The van der Waals surface area contributed by atoms with Crippen molar-refractivity contribution in [2.75, 3.05) is 13.2 Å². The van der Waals surface area contributed by atoms with Crippen LogP contribution in [0.3, 0.4) is 0 Å². The molecule has 1 aromatic heterocycles. The van der Waals surface area contributed by atoms with Crippen LogP contribution in [0, 0.1) is 13.8 Å². The lowest BCUT2D eigenvalue weighted by atomic mass is 10.1. The van der Waals surface area contributed by atoms with Gasteiger partial charge in [-0.05, 0) is 51.0 Å². The first-order valence-electron chi connectivity index (χ1n) is 8.84. The Balaban J connectivity index is 1.67. The number of phenols is 1. The quantitative estimate of drug-likeness (QED) is 0.551. The number of carbonyl (C=O) groups is 2. The summed E-state index contributed by atoms with van der Waals surface area (Å²) in [5.74, 6) is -1.20. The summed E-state index contributed by atoms with van der Waals surface area (Å²) in [6.07, 6.45) is 2.26. The minimum atomic E-state index is -0.740. The number of ether oxygens (including phenoxy) is 2. The van der Waals surface area contributed by atoms with Crippen LogP contribution < -0.4 is 0 Å². The summed E-state index contributed by atoms with van der Waals surface area (Å²) in [4.78, 5) is 24.7. The molecular weight excluding hydrogens is 414 g/mol. The number of carbonyl (C=O) groups excluding carboxylic acids is 2. The number of hydrogen-bond acceptors (Lipinski definition) is 5. The van der Waals surface area contributed by atoms with E-state index in [9.17, 15) is 14.7 Å². The predicted octanol–water partition coefficient (Wildman–Crippen LogP) is 3.79. The van der Waals surface area contributed by atoms with E-state index in [1.165, 1.54) is 12.1 Å². The number of aromatic nitrogens is 1. The fourth-order valence-electron chi connectivity index (χ4n) is 3.31. The van der Waals surface area contributed by atoms with Gasteiger partial charge in [-0.3, -0.25) is 4.79 Å². The van der Waals surface area contributed by atoms with Crippen molar-refractivity contribution < 1.29 is 24.2 Å². The Morgan fingerprint density at radius 2 is 2.07 bits per heavy atom. The average Bonchev–Trinajstić information content (AvgIpc) is 3.25. The molecule has 1 fully saturated rings. The van der Waals surface area contributed by atoms with Gasteiger partial charge in [0.15, 0.2) is 6.61 Å². The molecule has 7 heteroatoms. The molecule has 0 amide bonds. The lowest BCUT2D eigenvalue weighted by molar-refractivity contribution is 0.0471. The third-order valence-corrected chi connectivity index (χ3v) is 5.29.